The van der Waals surface area contributed by atoms with E-state index in [1.54, 1.807) is 12.1 Å². The summed E-state index contributed by atoms with van der Waals surface area (Å²) >= 11 is 3.56. The van der Waals surface area contributed by atoms with Crippen LogP contribution in [0.1, 0.15) is 35.6 Å². The SMILES string of the molecule is C=C1C(=O)O[C@H](c2ccc(OCc3ccccc3)c(OC(C)=O)c2)[C@@H]1c1ccccc1Br. The average Bonchev–Trinajstić information content (AvgIpc) is 3.08. The lowest BCUT2D eigenvalue weighted by Crippen LogP contribution is -2.10. The molecule has 32 heavy (non-hydrogen) atoms. The van der Waals surface area contributed by atoms with Gasteiger partial charge in [0.1, 0.15) is 12.7 Å². The van der Waals surface area contributed by atoms with Gasteiger partial charge in [0.25, 0.3) is 0 Å². The van der Waals surface area contributed by atoms with E-state index in [4.69, 9.17) is 14.2 Å². The summed E-state index contributed by atoms with van der Waals surface area (Å²) in [6.07, 6.45) is -0.605. The molecule has 0 N–H and O–H groups in total. The lowest BCUT2D eigenvalue weighted by molar-refractivity contribution is -0.139. The van der Waals surface area contributed by atoms with Gasteiger partial charge in [0.05, 0.1) is 5.92 Å². The topological polar surface area (TPSA) is 61.8 Å². The summed E-state index contributed by atoms with van der Waals surface area (Å²) in [5.74, 6) is -0.603. The molecule has 0 radical (unpaired) electrons. The third kappa shape index (κ3) is 4.60. The van der Waals surface area contributed by atoms with E-state index in [-0.39, 0.29) is 11.7 Å². The molecule has 0 saturated carbocycles. The van der Waals surface area contributed by atoms with Crippen LogP contribution >= 0.6 is 15.9 Å². The smallest absolute Gasteiger partial charge is 0.334 e. The Morgan fingerprint density at radius 3 is 2.47 bits per heavy atom. The average molecular weight is 493 g/mol. The number of hydrogen-bond acceptors (Lipinski definition) is 5. The molecule has 6 heteroatoms. The van der Waals surface area contributed by atoms with E-state index >= 15 is 0 Å². The molecule has 1 heterocycles. The van der Waals surface area contributed by atoms with Crippen molar-refractivity contribution in [2.75, 3.05) is 0 Å². The Balaban J connectivity index is 1.67. The van der Waals surface area contributed by atoms with Gasteiger partial charge in [-0.3, -0.25) is 4.79 Å². The van der Waals surface area contributed by atoms with Crippen molar-refractivity contribution in [2.24, 2.45) is 0 Å². The predicted molar refractivity (Wildman–Crippen MR) is 123 cm³/mol. The minimum absolute atomic E-state index is 0.269. The number of esters is 2. The monoisotopic (exact) mass is 492 g/mol. The molecule has 5 nitrogen and oxygen atoms in total. The van der Waals surface area contributed by atoms with Crippen molar-refractivity contribution in [3.8, 4) is 11.5 Å². The molecule has 0 aromatic heterocycles. The van der Waals surface area contributed by atoms with Crippen LogP contribution in [0.4, 0.5) is 0 Å². The van der Waals surface area contributed by atoms with Crippen LogP contribution in [0.2, 0.25) is 0 Å². The van der Waals surface area contributed by atoms with Gasteiger partial charge in [-0.2, -0.15) is 0 Å². The molecular weight excluding hydrogens is 472 g/mol. The summed E-state index contributed by atoms with van der Waals surface area (Å²) in [6, 6.07) is 22.6. The predicted octanol–water partition coefficient (Wildman–Crippen LogP) is 5.89. The van der Waals surface area contributed by atoms with Crippen molar-refractivity contribution in [3.63, 3.8) is 0 Å². The molecule has 1 aliphatic rings. The van der Waals surface area contributed by atoms with Crippen molar-refractivity contribution in [3.05, 3.63) is 106 Å². The Bertz CT molecular complexity index is 1170. The number of halogens is 1. The zero-order valence-electron chi connectivity index (χ0n) is 17.4. The lowest BCUT2D eigenvalue weighted by atomic mass is 9.86. The van der Waals surface area contributed by atoms with E-state index in [0.717, 1.165) is 15.6 Å². The summed E-state index contributed by atoms with van der Waals surface area (Å²) in [7, 11) is 0. The van der Waals surface area contributed by atoms with Gasteiger partial charge in [-0.15, -0.1) is 0 Å². The molecule has 0 bridgehead atoms. The first kappa shape index (κ1) is 21.8. The molecule has 0 spiro atoms. The summed E-state index contributed by atoms with van der Waals surface area (Å²) in [5.41, 5.74) is 2.94. The maximum Gasteiger partial charge on any atom is 0.334 e. The fraction of sp³-hybridized carbons (Fsp3) is 0.154. The molecule has 1 aliphatic heterocycles. The van der Waals surface area contributed by atoms with Crippen LogP contribution in [0, 0.1) is 0 Å². The zero-order valence-corrected chi connectivity index (χ0v) is 19.0. The van der Waals surface area contributed by atoms with Gasteiger partial charge in [-0.25, -0.2) is 4.79 Å². The summed E-state index contributed by atoms with van der Waals surface area (Å²) in [4.78, 5) is 24.1. The summed E-state index contributed by atoms with van der Waals surface area (Å²) in [5, 5.41) is 0. The number of carbonyl (C=O) groups is 2. The first-order chi connectivity index (χ1) is 15.4. The highest BCUT2D eigenvalue weighted by molar-refractivity contribution is 9.10. The van der Waals surface area contributed by atoms with E-state index < -0.39 is 18.0 Å². The Kier molecular flexibility index (Phi) is 6.42. The molecule has 3 aromatic rings. The van der Waals surface area contributed by atoms with Gasteiger partial charge in [-0.1, -0.05) is 77.1 Å². The number of hydrogen-bond donors (Lipinski definition) is 0. The highest BCUT2D eigenvalue weighted by Crippen LogP contribution is 2.48. The molecule has 0 amide bonds. The molecule has 0 aliphatic carbocycles. The second-order valence-electron chi connectivity index (χ2n) is 7.42. The van der Waals surface area contributed by atoms with Crippen LogP contribution in [-0.2, 0) is 20.9 Å². The Morgan fingerprint density at radius 1 is 1.03 bits per heavy atom. The van der Waals surface area contributed by atoms with Gasteiger partial charge in [0.2, 0.25) is 0 Å². The van der Waals surface area contributed by atoms with Gasteiger partial charge in [0, 0.05) is 17.0 Å². The normalized spacial score (nSPS) is 17.7. The minimum atomic E-state index is -0.605. The van der Waals surface area contributed by atoms with E-state index in [2.05, 4.69) is 22.5 Å². The maximum atomic E-state index is 12.4. The van der Waals surface area contributed by atoms with Crippen LogP contribution in [0.3, 0.4) is 0 Å². The molecule has 1 fully saturated rings. The van der Waals surface area contributed by atoms with Crippen molar-refractivity contribution in [2.45, 2.75) is 25.6 Å². The maximum absolute atomic E-state index is 12.4. The Morgan fingerprint density at radius 2 is 1.75 bits per heavy atom. The highest BCUT2D eigenvalue weighted by atomic mass is 79.9. The second kappa shape index (κ2) is 9.40. The van der Waals surface area contributed by atoms with Gasteiger partial charge >= 0.3 is 11.9 Å². The molecule has 4 rings (SSSR count). The standard InChI is InChI=1S/C26H21BrO5/c1-16-24(20-10-6-7-11-21(20)27)25(32-26(16)29)19-12-13-22(23(14-19)31-17(2)28)30-15-18-8-4-3-5-9-18/h3-14,24-25H,1,15H2,2H3/t24-,25+/m0/s1. The first-order valence-electron chi connectivity index (χ1n) is 10.1. The third-order valence-electron chi connectivity index (χ3n) is 5.20. The third-order valence-corrected chi connectivity index (χ3v) is 5.92. The van der Waals surface area contributed by atoms with Crippen LogP contribution in [-0.4, -0.2) is 11.9 Å². The van der Waals surface area contributed by atoms with E-state index in [1.807, 2.05) is 60.7 Å². The first-order valence-corrected chi connectivity index (χ1v) is 10.9. The minimum Gasteiger partial charge on any atom is -0.485 e. The highest BCUT2D eigenvalue weighted by Gasteiger charge is 2.41. The van der Waals surface area contributed by atoms with Gasteiger partial charge < -0.3 is 14.2 Å². The summed E-state index contributed by atoms with van der Waals surface area (Å²) < 4.78 is 17.8. The van der Waals surface area contributed by atoms with Gasteiger partial charge in [0.15, 0.2) is 11.5 Å². The van der Waals surface area contributed by atoms with E-state index in [0.29, 0.717) is 23.5 Å². The van der Waals surface area contributed by atoms with Crippen LogP contribution in [0.5, 0.6) is 11.5 Å². The van der Waals surface area contributed by atoms with E-state index in [1.165, 1.54) is 6.92 Å². The van der Waals surface area contributed by atoms with Gasteiger partial charge in [-0.05, 0) is 34.9 Å². The van der Waals surface area contributed by atoms with Crippen molar-refractivity contribution >= 4 is 27.9 Å². The number of rotatable bonds is 6. The zero-order chi connectivity index (χ0) is 22.7. The van der Waals surface area contributed by atoms with Crippen molar-refractivity contribution < 1.29 is 23.8 Å². The Labute approximate surface area is 194 Å². The Hall–Kier alpha value is -3.38. The summed E-state index contributed by atoms with van der Waals surface area (Å²) in [6.45, 7) is 5.61. The molecule has 1 saturated heterocycles. The molecule has 3 aromatic carbocycles. The molecule has 162 valence electrons. The molecular formula is C26H21BrO5. The van der Waals surface area contributed by atoms with Crippen LogP contribution in [0.25, 0.3) is 0 Å². The van der Waals surface area contributed by atoms with Crippen molar-refractivity contribution in [1.82, 2.24) is 0 Å². The second-order valence-corrected chi connectivity index (χ2v) is 8.28. The number of ether oxygens (including phenoxy) is 3. The van der Waals surface area contributed by atoms with Crippen molar-refractivity contribution in [1.29, 1.82) is 0 Å². The molecule has 2 atom stereocenters. The largest absolute Gasteiger partial charge is 0.485 e. The quantitative estimate of drug-likeness (QED) is 0.244. The fourth-order valence-corrected chi connectivity index (χ4v) is 4.23. The lowest BCUT2D eigenvalue weighted by Gasteiger charge is -2.21. The van der Waals surface area contributed by atoms with E-state index in [9.17, 15) is 9.59 Å². The van der Waals surface area contributed by atoms with Crippen LogP contribution in [0.15, 0.2) is 89.4 Å². The number of benzene rings is 3. The fourth-order valence-electron chi connectivity index (χ4n) is 3.70. The molecule has 0 unspecified atom stereocenters. The van der Waals surface area contributed by atoms with Crippen LogP contribution < -0.4 is 9.47 Å². The number of cyclic esters (lactones) is 1. The number of carbonyl (C=O) groups excluding carboxylic acids is 2.